The van der Waals surface area contributed by atoms with E-state index >= 15 is 0 Å². The predicted octanol–water partition coefficient (Wildman–Crippen LogP) is 4.48. The third kappa shape index (κ3) is 4.12. The van der Waals surface area contributed by atoms with Crippen molar-refractivity contribution in [3.05, 3.63) is 52.1 Å². The molecular formula is C17H15ClN4O2S. The highest BCUT2D eigenvalue weighted by Gasteiger charge is 2.18. The lowest BCUT2D eigenvalue weighted by atomic mass is 10.3. The highest BCUT2D eigenvalue weighted by Crippen LogP contribution is 2.28. The number of thiazole rings is 1. The summed E-state index contributed by atoms with van der Waals surface area (Å²) in [6.07, 6.45) is 1.64. The van der Waals surface area contributed by atoms with Crippen LogP contribution in [0.3, 0.4) is 0 Å². The molecule has 0 saturated carbocycles. The standard InChI is InChI=1S/C17H15ClN4O2S/c1-3-24-16(23)14-10(2)20-15(25-14)13-8-9-19-17(22-13)21-12-6-4-11(18)5-7-12/h4-9H,3H2,1-2H3,(H,19,21,22). The molecule has 0 saturated heterocycles. The fourth-order valence-corrected chi connectivity index (χ4v) is 3.15. The fourth-order valence-electron chi connectivity index (χ4n) is 2.09. The fraction of sp³-hybridized carbons (Fsp3) is 0.176. The Labute approximate surface area is 153 Å². The number of anilines is 2. The number of ether oxygens (including phenoxy) is 1. The summed E-state index contributed by atoms with van der Waals surface area (Å²) in [4.78, 5) is 25.5. The van der Waals surface area contributed by atoms with Gasteiger partial charge in [-0.25, -0.2) is 19.7 Å². The average molecular weight is 375 g/mol. The molecule has 1 N–H and O–H groups in total. The predicted molar refractivity (Wildman–Crippen MR) is 98.6 cm³/mol. The van der Waals surface area contributed by atoms with Crippen LogP contribution in [0.2, 0.25) is 5.02 Å². The molecule has 0 aliphatic rings. The maximum atomic E-state index is 11.9. The normalized spacial score (nSPS) is 10.5. The van der Waals surface area contributed by atoms with Crippen LogP contribution >= 0.6 is 22.9 Å². The molecule has 2 heterocycles. The van der Waals surface area contributed by atoms with Crippen molar-refractivity contribution in [1.29, 1.82) is 0 Å². The zero-order valence-electron chi connectivity index (χ0n) is 13.6. The first kappa shape index (κ1) is 17.3. The van der Waals surface area contributed by atoms with E-state index in [1.807, 2.05) is 12.1 Å². The van der Waals surface area contributed by atoms with Gasteiger partial charge in [-0.3, -0.25) is 0 Å². The number of carbonyl (C=O) groups excluding carboxylic acids is 1. The van der Waals surface area contributed by atoms with Gasteiger partial charge in [-0.2, -0.15) is 0 Å². The summed E-state index contributed by atoms with van der Waals surface area (Å²) in [6.45, 7) is 3.88. The molecule has 0 radical (unpaired) electrons. The second-order valence-corrected chi connectivity index (χ2v) is 6.49. The number of benzene rings is 1. The van der Waals surface area contributed by atoms with Gasteiger partial charge in [0.05, 0.1) is 12.3 Å². The summed E-state index contributed by atoms with van der Waals surface area (Å²) < 4.78 is 5.05. The Bertz CT molecular complexity index is 896. The van der Waals surface area contributed by atoms with E-state index in [1.165, 1.54) is 11.3 Å². The van der Waals surface area contributed by atoms with Crippen molar-refractivity contribution in [3.63, 3.8) is 0 Å². The summed E-state index contributed by atoms with van der Waals surface area (Å²) in [7, 11) is 0. The van der Waals surface area contributed by atoms with Crippen molar-refractivity contribution in [3.8, 4) is 10.7 Å². The summed E-state index contributed by atoms with van der Waals surface area (Å²) >= 11 is 7.14. The number of aromatic nitrogens is 3. The molecule has 8 heteroatoms. The molecule has 1 aromatic carbocycles. The molecule has 0 unspecified atom stereocenters. The third-order valence-corrected chi connectivity index (χ3v) is 4.64. The number of nitrogens with zero attached hydrogens (tertiary/aromatic N) is 3. The van der Waals surface area contributed by atoms with Crippen molar-refractivity contribution < 1.29 is 9.53 Å². The maximum Gasteiger partial charge on any atom is 0.350 e. The van der Waals surface area contributed by atoms with Gasteiger partial charge in [-0.15, -0.1) is 11.3 Å². The van der Waals surface area contributed by atoms with Crippen LogP contribution in [0.25, 0.3) is 10.7 Å². The molecule has 3 rings (SSSR count). The lowest BCUT2D eigenvalue weighted by molar-refractivity contribution is 0.0531. The number of aryl methyl sites for hydroxylation is 1. The average Bonchev–Trinajstić information content (AvgIpc) is 2.99. The van der Waals surface area contributed by atoms with Gasteiger partial charge in [-0.05, 0) is 44.2 Å². The van der Waals surface area contributed by atoms with E-state index in [2.05, 4.69) is 20.3 Å². The second kappa shape index (κ2) is 7.58. The lowest BCUT2D eigenvalue weighted by Crippen LogP contribution is -2.03. The van der Waals surface area contributed by atoms with Crippen molar-refractivity contribution >= 4 is 40.5 Å². The Morgan fingerprint density at radius 1 is 1.24 bits per heavy atom. The molecule has 0 spiro atoms. The number of rotatable bonds is 5. The highest BCUT2D eigenvalue weighted by molar-refractivity contribution is 7.17. The van der Waals surface area contributed by atoms with Crippen LogP contribution in [-0.4, -0.2) is 27.5 Å². The summed E-state index contributed by atoms with van der Waals surface area (Å²) in [5, 5.41) is 4.41. The van der Waals surface area contributed by atoms with Crippen LogP contribution in [0.15, 0.2) is 36.5 Å². The number of carbonyl (C=O) groups is 1. The smallest absolute Gasteiger partial charge is 0.350 e. The molecule has 0 bridgehead atoms. The van der Waals surface area contributed by atoms with E-state index in [1.54, 1.807) is 38.2 Å². The number of halogens is 1. The third-order valence-electron chi connectivity index (χ3n) is 3.23. The number of nitrogens with one attached hydrogen (secondary N) is 1. The highest BCUT2D eigenvalue weighted by atomic mass is 35.5. The minimum atomic E-state index is -0.364. The molecule has 0 aliphatic heterocycles. The Hall–Kier alpha value is -2.51. The minimum Gasteiger partial charge on any atom is -0.462 e. The number of hydrogen-bond donors (Lipinski definition) is 1. The summed E-state index contributed by atoms with van der Waals surface area (Å²) in [6, 6.07) is 8.99. The van der Waals surface area contributed by atoms with E-state index in [4.69, 9.17) is 16.3 Å². The van der Waals surface area contributed by atoms with E-state index in [0.29, 0.717) is 38.9 Å². The lowest BCUT2D eigenvalue weighted by Gasteiger charge is -2.05. The Balaban J connectivity index is 1.85. The molecule has 6 nitrogen and oxygen atoms in total. The van der Waals surface area contributed by atoms with Gasteiger partial charge in [0.15, 0.2) is 0 Å². The summed E-state index contributed by atoms with van der Waals surface area (Å²) in [5.74, 6) is 0.0719. The van der Waals surface area contributed by atoms with Gasteiger partial charge >= 0.3 is 5.97 Å². The molecule has 2 aromatic heterocycles. The quantitative estimate of drug-likeness (QED) is 0.663. The Morgan fingerprint density at radius 3 is 2.72 bits per heavy atom. The Morgan fingerprint density at radius 2 is 2.00 bits per heavy atom. The van der Waals surface area contributed by atoms with Gasteiger partial charge in [0.25, 0.3) is 0 Å². The molecule has 0 amide bonds. The number of hydrogen-bond acceptors (Lipinski definition) is 7. The van der Waals surface area contributed by atoms with Crippen LogP contribution in [-0.2, 0) is 4.74 Å². The first-order valence-corrected chi connectivity index (χ1v) is 8.77. The monoisotopic (exact) mass is 374 g/mol. The second-order valence-electron chi connectivity index (χ2n) is 5.05. The van der Waals surface area contributed by atoms with Crippen LogP contribution in [0.1, 0.15) is 22.3 Å². The van der Waals surface area contributed by atoms with Gasteiger partial charge in [-0.1, -0.05) is 11.6 Å². The van der Waals surface area contributed by atoms with Crippen molar-refractivity contribution in [2.45, 2.75) is 13.8 Å². The zero-order valence-corrected chi connectivity index (χ0v) is 15.2. The van der Waals surface area contributed by atoms with Gasteiger partial charge in [0, 0.05) is 16.9 Å². The van der Waals surface area contributed by atoms with E-state index in [-0.39, 0.29) is 5.97 Å². The molecule has 0 fully saturated rings. The van der Waals surface area contributed by atoms with Crippen molar-refractivity contribution in [2.24, 2.45) is 0 Å². The van der Waals surface area contributed by atoms with Gasteiger partial charge in [0.2, 0.25) is 5.95 Å². The maximum absolute atomic E-state index is 11.9. The van der Waals surface area contributed by atoms with Crippen LogP contribution < -0.4 is 5.32 Å². The first-order chi connectivity index (χ1) is 12.1. The minimum absolute atomic E-state index is 0.328. The van der Waals surface area contributed by atoms with Crippen molar-refractivity contribution in [1.82, 2.24) is 15.0 Å². The largest absolute Gasteiger partial charge is 0.462 e. The van der Waals surface area contributed by atoms with Crippen LogP contribution in [0.4, 0.5) is 11.6 Å². The zero-order chi connectivity index (χ0) is 17.8. The molecule has 128 valence electrons. The van der Waals surface area contributed by atoms with Crippen molar-refractivity contribution in [2.75, 3.05) is 11.9 Å². The molecule has 25 heavy (non-hydrogen) atoms. The molecule has 0 atom stereocenters. The van der Waals surface area contributed by atoms with E-state index < -0.39 is 0 Å². The van der Waals surface area contributed by atoms with Crippen LogP contribution in [0.5, 0.6) is 0 Å². The molecule has 3 aromatic rings. The van der Waals surface area contributed by atoms with Crippen LogP contribution in [0, 0.1) is 6.92 Å². The Kier molecular flexibility index (Phi) is 5.25. The SMILES string of the molecule is CCOC(=O)c1sc(-c2ccnc(Nc3ccc(Cl)cc3)n2)nc1C. The van der Waals surface area contributed by atoms with E-state index in [9.17, 15) is 4.79 Å². The first-order valence-electron chi connectivity index (χ1n) is 7.57. The van der Waals surface area contributed by atoms with Gasteiger partial charge < -0.3 is 10.1 Å². The van der Waals surface area contributed by atoms with Gasteiger partial charge in [0.1, 0.15) is 15.6 Å². The topological polar surface area (TPSA) is 77.0 Å². The molecule has 0 aliphatic carbocycles. The molecular weight excluding hydrogens is 360 g/mol. The number of esters is 1. The summed E-state index contributed by atoms with van der Waals surface area (Å²) in [5.41, 5.74) is 2.09. The van der Waals surface area contributed by atoms with E-state index in [0.717, 1.165) is 5.69 Å².